The predicted octanol–water partition coefficient (Wildman–Crippen LogP) is 2.87. The molecule has 1 N–H and O–H groups in total. The molecule has 25 heavy (non-hydrogen) atoms. The standard InChI is InChI=1S/C17H17ClN4O2S/c18-17-10-16(4-3-13(17)11-19)25(23,24)22-8-5-14(6-9-22)21-15-2-1-7-20-12-15/h1-4,7,10,12,14,21H,5-6,8-9H2. The second kappa shape index (κ2) is 7.40. The van der Waals surface area contributed by atoms with E-state index in [1.54, 1.807) is 12.4 Å². The van der Waals surface area contributed by atoms with E-state index in [4.69, 9.17) is 16.9 Å². The van der Waals surface area contributed by atoms with Crippen molar-refractivity contribution in [1.82, 2.24) is 9.29 Å². The van der Waals surface area contributed by atoms with Gasteiger partial charge >= 0.3 is 0 Å². The Hall–Kier alpha value is -2.14. The van der Waals surface area contributed by atoms with Crippen LogP contribution in [0.5, 0.6) is 0 Å². The number of benzene rings is 1. The zero-order valence-corrected chi connectivity index (χ0v) is 15.0. The maximum atomic E-state index is 12.8. The number of piperidine rings is 1. The molecule has 2 heterocycles. The molecule has 130 valence electrons. The lowest BCUT2D eigenvalue weighted by Crippen LogP contribution is -2.42. The zero-order chi connectivity index (χ0) is 17.9. The predicted molar refractivity (Wildman–Crippen MR) is 95.8 cm³/mol. The highest BCUT2D eigenvalue weighted by molar-refractivity contribution is 7.89. The first-order valence-corrected chi connectivity index (χ1v) is 9.69. The Labute approximate surface area is 152 Å². The normalized spacial score (nSPS) is 16.3. The van der Waals surface area contributed by atoms with Crippen LogP contribution < -0.4 is 5.32 Å². The topological polar surface area (TPSA) is 86.1 Å². The molecule has 1 aliphatic rings. The molecule has 3 rings (SSSR count). The fourth-order valence-electron chi connectivity index (χ4n) is 2.82. The van der Waals surface area contributed by atoms with Gasteiger partial charge in [0.15, 0.2) is 0 Å². The van der Waals surface area contributed by atoms with Crippen LogP contribution in [0.2, 0.25) is 5.02 Å². The van der Waals surface area contributed by atoms with Crippen LogP contribution in [0.15, 0.2) is 47.6 Å². The van der Waals surface area contributed by atoms with E-state index in [-0.39, 0.29) is 21.5 Å². The van der Waals surface area contributed by atoms with E-state index in [0.29, 0.717) is 25.9 Å². The summed E-state index contributed by atoms with van der Waals surface area (Å²) in [4.78, 5) is 4.18. The lowest BCUT2D eigenvalue weighted by atomic mass is 10.1. The summed E-state index contributed by atoms with van der Waals surface area (Å²) in [7, 11) is -3.61. The Morgan fingerprint density at radius 2 is 2.04 bits per heavy atom. The second-order valence-corrected chi connectivity index (χ2v) is 8.16. The Balaban J connectivity index is 1.67. The van der Waals surface area contributed by atoms with Gasteiger partial charge in [0.25, 0.3) is 0 Å². The number of sulfonamides is 1. The number of hydrogen-bond donors (Lipinski definition) is 1. The molecule has 8 heteroatoms. The number of pyridine rings is 1. The van der Waals surface area contributed by atoms with Crippen molar-refractivity contribution >= 4 is 27.3 Å². The van der Waals surface area contributed by atoms with Crippen LogP contribution in [0.3, 0.4) is 0 Å². The van der Waals surface area contributed by atoms with Crippen molar-refractivity contribution in [3.8, 4) is 6.07 Å². The van der Waals surface area contributed by atoms with Crippen LogP contribution in [-0.2, 0) is 10.0 Å². The average molecular weight is 377 g/mol. The van der Waals surface area contributed by atoms with E-state index in [1.165, 1.54) is 22.5 Å². The molecule has 2 aromatic rings. The molecule has 1 aliphatic heterocycles. The monoisotopic (exact) mass is 376 g/mol. The first-order valence-electron chi connectivity index (χ1n) is 7.87. The molecule has 1 aromatic heterocycles. The van der Waals surface area contributed by atoms with Gasteiger partial charge in [0.1, 0.15) is 6.07 Å². The minimum atomic E-state index is -3.61. The number of nitriles is 1. The van der Waals surface area contributed by atoms with Crippen molar-refractivity contribution in [2.45, 2.75) is 23.8 Å². The summed E-state index contributed by atoms with van der Waals surface area (Å²) < 4.78 is 27.0. The van der Waals surface area contributed by atoms with Gasteiger partial charge in [0.05, 0.1) is 21.2 Å². The summed E-state index contributed by atoms with van der Waals surface area (Å²) in [5.74, 6) is 0. The molecule has 1 fully saturated rings. The number of halogens is 1. The molecule has 0 bridgehead atoms. The summed E-state index contributed by atoms with van der Waals surface area (Å²) in [5, 5.41) is 12.4. The summed E-state index contributed by atoms with van der Waals surface area (Å²) in [5.41, 5.74) is 1.20. The fourth-order valence-corrected chi connectivity index (χ4v) is 4.60. The quantitative estimate of drug-likeness (QED) is 0.886. The number of anilines is 1. The maximum absolute atomic E-state index is 12.8. The SMILES string of the molecule is N#Cc1ccc(S(=O)(=O)N2CCC(Nc3cccnc3)CC2)cc1Cl. The first-order chi connectivity index (χ1) is 12.0. The lowest BCUT2D eigenvalue weighted by Gasteiger charge is -2.32. The van der Waals surface area contributed by atoms with Crippen LogP contribution >= 0.6 is 11.6 Å². The fraction of sp³-hybridized carbons (Fsp3) is 0.294. The Morgan fingerprint density at radius 3 is 2.64 bits per heavy atom. The van der Waals surface area contributed by atoms with Crippen LogP contribution in [-0.4, -0.2) is 36.8 Å². The van der Waals surface area contributed by atoms with Gasteiger partial charge in [-0.15, -0.1) is 0 Å². The second-order valence-electron chi connectivity index (χ2n) is 5.82. The van der Waals surface area contributed by atoms with Gasteiger partial charge in [-0.05, 0) is 43.2 Å². The molecular weight excluding hydrogens is 360 g/mol. The molecule has 6 nitrogen and oxygen atoms in total. The Morgan fingerprint density at radius 1 is 1.28 bits per heavy atom. The highest BCUT2D eigenvalue weighted by atomic mass is 35.5. The van der Waals surface area contributed by atoms with Gasteiger partial charge in [0.2, 0.25) is 10.0 Å². The molecular formula is C17H17ClN4O2S. The summed E-state index contributed by atoms with van der Waals surface area (Å²) in [6.07, 6.45) is 4.88. The Bertz CT molecular complexity index is 889. The van der Waals surface area contributed by atoms with Gasteiger partial charge in [-0.1, -0.05) is 11.6 Å². The Kier molecular flexibility index (Phi) is 5.23. The molecule has 1 saturated heterocycles. The zero-order valence-electron chi connectivity index (χ0n) is 13.4. The van der Waals surface area contributed by atoms with Gasteiger partial charge < -0.3 is 5.32 Å². The van der Waals surface area contributed by atoms with E-state index in [2.05, 4.69) is 10.3 Å². The third kappa shape index (κ3) is 3.93. The molecule has 0 unspecified atom stereocenters. The van der Waals surface area contributed by atoms with Crippen molar-refractivity contribution in [3.63, 3.8) is 0 Å². The van der Waals surface area contributed by atoms with E-state index >= 15 is 0 Å². The van der Waals surface area contributed by atoms with Crippen molar-refractivity contribution in [3.05, 3.63) is 53.3 Å². The molecule has 0 aliphatic carbocycles. The number of nitrogens with zero attached hydrogens (tertiary/aromatic N) is 3. The third-order valence-electron chi connectivity index (χ3n) is 4.19. The highest BCUT2D eigenvalue weighted by Gasteiger charge is 2.29. The van der Waals surface area contributed by atoms with Crippen LogP contribution in [0.4, 0.5) is 5.69 Å². The van der Waals surface area contributed by atoms with Gasteiger partial charge in [0, 0.05) is 31.5 Å². The largest absolute Gasteiger partial charge is 0.381 e. The van der Waals surface area contributed by atoms with Crippen molar-refractivity contribution < 1.29 is 8.42 Å². The van der Waals surface area contributed by atoms with E-state index in [9.17, 15) is 8.42 Å². The van der Waals surface area contributed by atoms with Gasteiger partial charge in [-0.2, -0.15) is 9.57 Å². The molecule has 0 spiro atoms. The third-order valence-corrected chi connectivity index (χ3v) is 6.39. The molecule has 1 aromatic carbocycles. The smallest absolute Gasteiger partial charge is 0.243 e. The highest BCUT2D eigenvalue weighted by Crippen LogP contribution is 2.26. The summed E-state index contributed by atoms with van der Waals surface area (Å²) in [6.45, 7) is 0.857. The average Bonchev–Trinajstić information content (AvgIpc) is 2.63. The van der Waals surface area contributed by atoms with E-state index in [1.807, 2.05) is 18.2 Å². The van der Waals surface area contributed by atoms with Crippen molar-refractivity contribution in [2.75, 3.05) is 18.4 Å². The van der Waals surface area contributed by atoms with Crippen molar-refractivity contribution in [2.24, 2.45) is 0 Å². The minimum absolute atomic E-state index is 0.121. The van der Waals surface area contributed by atoms with Crippen LogP contribution in [0.25, 0.3) is 0 Å². The lowest BCUT2D eigenvalue weighted by molar-refractivity contribution is 0.329. The maximum Gasteiger partial charge on any atom is 0.243 e. The summed E-state index contributed by atoms with van der Waals surface area (Å²) in [6, 6.07) is 10.1. The summed E-state index contributed by atoms with van der Waals surface area (Å²) >= 11 is 5.97. The number of rotatable bonds is 4. The van der Waals surface area contributed by atoms with E-state index < -0.39 is 10.0 Å². The molecule has 0 radical (unpaired) electrons. The molecule has 0 amide bonds. The number of aromatic nitrogens is 1. The molecule has 0 atom stereocenters. The number of hydrogen-bond acceptors (Lipinski definition) is 5. The van der Waals surface area contributed by atoms with Gasteiger partial charge in [-0.25, -0.2) is 8.42 Å². The number of nitrogens with one attached hydrogen (secondary N) is 1. The first kappa shape index (κ1) is 17.7. The molecule has 0 saturated carbocycles. The van der Waals surface area contributed by atoms with Crippen molar-refractivity contribution in [1.29, 1.82) is 5.26 Å². The van der Waals surface area contributed by atoms with Gasteiger partial charge in [-0.3, -0.25) is 4.98 Å². The van der Waals surface area contributed by atoms with Crippen LogP contribution in [0, 0.1) is 11.3 Å². The minimum Gasteiger partial charge on any atom is -0.381 e. The van der Waals surface area contributed by atoms with Crippen LogP contribution in [0.1, 0.15) is 18.4 Å². The van der Waals surface area contributed by atoms with E-state index in [0.717, 1.165) is 5.69 Å².